The summed E-state index contributed by atoms with van der Waals surface area (Å²) in [6.45, 7) is 8.02. The number of nitrogens with zero attached hydrogens (tertiary/aromatic N) is 2. The summed E-state index contributed by atoms with van der Waals surface area (Å²) in [4.78, 5) is 16.4. The Labute approximate surface area is 113 Å². The van der Waals surface area contributed by atoms with Crippen LogP contribution in [0, 0.1) is 0 Å². The largest absolute Gasteiger partial charge is 0.363 e. The van der Waals surface area contributed by atoms with Gasteiger partial charge < -0.3 is 9.88 Å². The third-order valence-electron chi connectivity index (χ3n) is 2.72. The van der Waals surface area contributed by atoms with Crippen molar-refractivity contribution >= 4 is 17.4 Å². The molecule has 0 aliphatic carbocycles. The minimum Gasteiger partial charge on any atom is -0.363 e. The Morgan fingerprint density at radius 3 is 2.72 bits per heavy atom. The molecule has 0 spiro atoms. The molecule has 1 aromatic rings. The van der Waals surface area contributed by atoms with Crippen LogP contribution in [0.3, 0.4) is 0 Å². The van der Waals surface area contributed by atoms with E-state index in [2.05, 4.69) is 10.3 Å². The number of nitrogens with one attached hydrogen (secondary N) is 1. The summed E-state index contributed by atoms with van der Waals surface area (Å²) in [5.41, 5.74) is -0.321. The Balaban J connectivity index is 2.88. The molecule has 0 aliphatic heterocycles. The van der Waals surface area contributed by atoms with Crippen molar-refractivity contribution in [2.75, 3.05) is 11.2 Å². The molecule has 1 heterocycles. The van der Waals surface area contributed by atoms with Crippen LogP contribution in [0.15, 0.2) is 17.2 Å². The van der Waals surface area contributed by atoms with Crippen molar-refractivity contribution in [3.05, 3.63) is 22.7 Å². The Kier molecular flexibility index (Phi) is 5.20. The maximum absolute atomic E-state index is 12.2. The minimum atomic E-state index is -0.240. The van der Waals surface area contributed by atoms with Crippen LogP contribution in [-0.4, -0.2) is 21.5 Å². The second-order valence-electron chi connectivity index (χ2n) is 5.50. The van der Waals surface area contributed by atoms with Gasteiger partial charge in [0.2, 0.25) is 0 Å². The van der Waals surface area contributed by atoms with E-state index in [1.165, 1.54) is 0 Å². The maximum atomic E-state index is 12.2. The Bertz CT molecular complexity index is 437. The zero-order chi connectivity index (χ0) is 13.8. The molecule has 102 valence electrons. The topological polar surface area (TPSA) is 46.9 Å². The van der Waals surface area contributed by atoms with Crippen molar-refractivity contribution < 1.29 is 0 Å². The van der Waals surface area contributed by atoms with Crippen LogP contribution in [0.4, 0.5) is 5.82 Å². The van der Waals surface area contributed by atoms with Crippen LogP contribution in [0.1, 0.15) is 40.5 Å². The number of halogens is 1. The van der Waals surface area contributed by atoms with E-state index >= 15 is 0 Å². The van der Waals surface area contributed by atoms with Gasteiger partial charge in [-0.3, -0.25) is 4.79 Å². The highest BCUT2D eigenvalue weighted by Crippen LogP contribution is 2.11. The van der Waals surface area contributed by atoms with Crippen molar-refractivity contribution in [3.8, 4) is 0 Å². The van der Waals surface area contributed by atoms with Gasteiger partial charge >= 0.3 is 0 Å². The standard InChI is InChI=1S/C13H22ClN3O/c1-10(6-5-7-14)16-11-12(18)17(9-8-15-11)13(2,3)4/h8-10H,5-7H2,1-4H3,(H,15,16). The van der Waals surface area contributed by atoms with Gasteiger partial charge in [-0.1, -0.05) is 0 Å². The molecule has 1 rings (SSSR count). The maximum Gasteiger partial charge on any atom is 0.293 e. The third-order valence-corrected chi connectivity index (χ3v) is 2.98. The highest BCUT2D eigenvalue weighted by molar-refractivity contribution is 6.17. The highest BCUT2D eigenvalue weighted by atomic mass is 35.5. The summed E-state index contributed by atoms with van der Waals surface area (Å²) in [6.07, 6.45) is 5.23. The smallest absolute Gasteiger partial charge is 0.293 e. The Hall–Kier alpha value is -1.03. The third kappa shape index (κ3) is 4.02. The fraction of sp³-hybridized carbons (Fsp3) is 0.692. The van der Waals surface area contributed by atoms with Gasteiger partial charge in [0.15, 0.2) is 5.82 Å². The molecule has 0 saturated heterocycles. The van der Waals surface area contributed by atoms with Crippen LogP contribution >= 0.6 is 11.6 Å². The first-order chi connectivity index (χ1) is 8.36. The van der Waals surface area contributed by atoms with E-state index in [4.69, 9.17) is 11.6 Å². The fourth-order valence-corrected chi connectivity index (χ4v) is 1.88. The number of anilines is 1. The first-order valence-corrected chi connectivity index (χ1v) is 6.80. The van der Waals surface area contributed by atoms with E-state index < -0.39 is 0 Å². The zero-order valence-corrected chi connectivity index (χ0v) is 12.3. The number of alkyl halides is 1. The normalized spacial score (nSPS) is 13.4. The van der Waals surface area contributed by atoms with Crippen molar-refractivity contribution in [2.24, 2.45) is 0 Å². The summed E-state index contributed by atoms with van der Waals surface area (Å²) < 4.78 is 1.69. The molecule has 5 heteroatoms. The van der Waals surface area contributed by atoms with Gasteiger partial charge in [-0.05, 0) is 40.5 Å². The van der Waals surface area contributed by atoms with Crippen molar-refractivity contribution in [2.45, 2.75) is 52.1 Å². The lowest BCUT2D eigenvalue weighted by molar-refractivity contribution is 0.383. The Morgan fingerprint density at radius 1 is 1.50 bits per heavy atom. The van der Waals surface area contributed by atoms with Crippen molar-refractivity contribution in [3.63, 3.8) is 0 Å². The average Bonchev–Trinajstić information content (AvgIpc) is 2.27. The van der Waals surface area contributed by atoms with Gasteiger partial charge in [-0.2, -0.15) is 0 Å². The van der Waals surface area contributed by atoms with Gasteiger partial charge in [0.05, 0.1) is 0 Å². The van der Waals surface area contributed by atoms with E-state index in [1.807, 2.05) is 27.7 Å². The first-order valence-electron chi connectivity index (χ1n) is 6.27. The van der Waals surface area contributed by atoms with Crippen LogP contribution in [0.5, 0.6) is 0 Å². The van der Waals surface area contributed by atoms with Gasteiger partial charge in [0.1, 0.15) is 0 Å². The number of hydrogen-bond donors (Lipinski definition) is 1. The quantitative estimate of drug-likeness (QED) is 0.838. The van der Waals surface area contributed by atoms with E-state index in [-0.39, 0.29) is 17.1 Å². The summed E-state index contributed by atoms with van der Waals surface area (Å²) in [5, 5.41) is 3.15. The molecular formula is C13H22ClN3O. The molecular weight excluding hydrogens is 250 g/mol. The lowest BCUT2D eigenvalue weighted by atomic mass is 10.1. The Morgan fingerprint density at radius 2 is 2.17 bits per heavy atom. The fourth-order valence-electron chi connectivity index (χ4n) is 1.73. The van der Waals surface area contributed by atoms with Crippen molar-refractivity contribution in [1.29, 1.82) is 0 Å². The molecule has 0 radical (unpaired) electrons. The van der Waals surface area contributed by atoms with Crippen LogP contribution in [-0.2, 0) is 5.54 Å². The van der Waals surface area contributed by atoms with E-state index in [1.54, 1.807) is 17.0 Å². The summed E-state index contributed by atoms with van der Waals surface area (Å²) >= 11 is 5.66. The molecule has 0 aliphatic rings. The SMILES string of the molecule is CC(CCCCl)Nc1nccn(C(C)(C)C)c1=O. The number of hydrogen-bond acceptors (Lipinski definition) is 3. The number of aromatic nitrogens is 2. The molecule has 0 fully saturated rings. The lowest BCUT2D eigenvalue weighted by Gasteiger charge is -2.23. The molecule has 1 atom stereocenters. The van der Waals surface area contributed by atoms with Gasteiger partial charge in [0.25, 0.3) is 5.56 Å². The van der Waals surface area contributed by atoms with E-state index in [9.17, 15) is 4.79 Å². The minimum absolute atomic E-state index is 0.0808. The number of rotatable bonds is 5. The van der Waals surface area contributed by atoms with Crippen LogP contribution in [0.2, 0.25) is 0 Å². The molecule has 0 bridgehead atoms. The van der Waals surface area contributed by atoms with Gasteiger partial charge in [-0.25, -0.2) is 4.98 Å². The summed E-state index contributed by atoms with van der Waals surface area (Å²) in [5.74, 6) is 1.05. The molecule has 1 unspecified atom stereocenters. The van der Waals surface area contributed by atoms with Crippen LogP contribution < -0.4 is 10.9 Å². The molecule has 0 amide bonds. The molecule has 0 saturated carbocycles. The molecule has 0 aromatic carbocycles. The zero-order valence-electron chi connectivity index (χ0n) is 11.5. The van der Waals surface area contributed by atoms with Crippen molar-refractivity contribution in [1.82, 2.24) is 9.55 Å². The monoisotopic (exact) mass is 271 g/mol. The summed E-state index contributed by atoms with van der Waals surface area (Å²) in [6, 6.07) is 0.194. The van der Waals surface area contributed by atoms with Gasteiger partial charge in [-0.15, -0.1) is 11.6 Å². The molecule has 18 heavy (non-hydrogen) atoms. The molecule has 1 aromatic heterocycles. The van der Waals surface area contributed by atoms with Gasteiger partial charge in [0, 0.05) is 29.9 Å². The highest BCUT2D eigenvalue weighted by Gasteiger charge is 2.17. The molecule has 4 nitrogen and oxygen atoms in total. The van der Waals surface area contributed by atoms with Crippen LogP contribution in [0.25, 0.3) is 0 Å². The summed E-state index contributed by atoms with van der Waals surface area (Å²) in [7, 11) is 0. The second kappa shape index (κ2) is 6.23. The lowest BCUT2D eigenvalue weighted by Crippen LogP contribution is -2.36. The van der Waals surface area contributed by atoms with E-state index in [0.29, 0.717) is 11.7 Å². The first kappa shape index (κ1) is 15.0. The van der Waals surface area contributed by atoms with E-state index in [0.717, 1.165) is 12.8 Å². The predicted octanol–water partition coefficient (Wildman–Crippen LogP) is 2.82. The average molecular weight is 272 g/mol. The second-order valence-corrected chi connectivity index (χ2v) is 5.88. The predicted molar refractivity (Wildman–Crippen MR) is 76.5 cm³/mol. The molecule has 1 N–H and O–H groups in total.